The van der Waals surface area contributed by atoms with E-state index in [1.807, 2.05) is 0 Å². The molecule has 8 aromatic rings. The molecule has 0 atom stereocenters. The third kappa shape index (κ3) is 3.75. The average molecular weight is 562 g/mol. The third-order valence-corrected chi connectivity index (χ3v) is 8.85. The Balaban J connectivity index is 1.38. The van der Waals surface area contributed by atoms with Crippen LogP contribution < -0.4 is 4.74 Å². The predicted molar refractivity (Wildman–Crippen MR) is 183 cm³/mol. The molecular formula is C42H27NO. The van der Waals surface area contributed by atoms with E-state index in [-0.39, 0.29) is 0 Å². The Labute approximate surface area is 256 Å². The zero-order valence-corrected chi connectivity index (χ0v) is 23.9. The van der Waals surface area contributed by atoms with E-state index in [1.54, 1.807) is 0 Å². The fourth-order valence-electron chi connectivity index (χ4n) is 6.91. The van der Waals surface area contributed by atoms with E-state index in [0.29, 0.717) is 0 Å². The Morgan fingerprint density at radius 3 is 1.25 bits per heavy atom. The van der Waals surface area contributed by atoms with E-state index >= 15 is 0 Å². The van der Waals surface area contributed by atoms with Crippen molar-refractivity contribution in [3.63, 3.8) is 0 Å². The van der Waals surface area contributed by atoms with Crippen LogP contribution in [0.5, 0.6) is 11.5 Å². The molecule has 1 aliphatic rings. The van der Waals surface area contributed by atoms with Crippen molar-refractivity contribution in [2.75, 3.05) is 0 Å². The maximum Gasteiger partial charge on any atom is 0.135 e. The highest BCUT2D eigenvalue weighted by molar-refractivity contribution is 6.09. The van der Waals surface area contributed by atoms with Crippen LogP contribution in [-0.2, 0) is 0 Å². The van der Waals surface area contributed by atoms with Crippen LogP contribution in [0.15, 0.2) is 164 Å². The Kier molecular flexibility index (Phi) is 5.54. The van der Waals surface area contributed by atoms with Gasteiger partial charge in [0.15, 0.2) is 0 Å². The number of nitrogens with zero attached hydrogens (tertiary/aromatic N) is 1. The van der Waals surface area contributed by atoms with Crippen molar-refractivity contribution in [2.24, 2.45) is 0 Å². The summed E-state index contributed by atoms with van der Waals surface area (Å²) >= 11 is 0. The van der Waals surface area contributed by atoms with Crippen LogP contribution in [0.3, 0.4) is 0 Å². The first-order chi connectivity index (χ1) is 21.8. The van der Waals surface area contributed by atoms with Gasteiger partial charge in [0.2, 0.25) is 0 Å². The van der Waals surface area contributed by atoms with Gasteiger partial charge in [-0.15, -0.1) is 0 Å². The van der Waals surface area contributed by atoms with Gasteiger partial charge in [-0.05, 0) is 69.8 Å². The number of para-hydroxylation sites is 3. The average Bonchev–Trinajstić information content (AvgIpc) is 3.42. The molecule has 2 nitrogen and oxygen atoms in total. The van der Waals surface area contributed by atoms with E-state index in [4.69, 9.17) is 4.74 Å². The number of rotatable bonds is 1. The Morgan fingerprint density at radius 1 is 0.318 bits per heavy atom. The van der Waals surface area contributed by atoms with Crippen LogP contribution in [0, 0.1) is 0 Å². The van der Waals surface area contributed by atoms with Crippen LogP contribution in [0.2, 0.25) is 0 Å². The number of benzene rings is 7. The lowest BCUT2D eigenvalue weighted by atomic mass is 9.87. The van der Waals surface area contributed by atoms with Crippen LogP contribution in [0.25, 0.3) is 72.0 Å². The van der Waals surface area contributed by atoms with E-state index in [0.717, 1.165) is 39.4 Å². The van der Waals surface area contributed by atoms with Gasteiger partial charge in [-0.3, -0.25) is 0 Å². The molecule has 206 valence electrons. The van der Waals surface area contributed by atoms with Crippen molar-refractivity contribution in [1.29, 1.82) is 0 Å². The molecule has 0 aliphatic carbocycles. The second-order valence-corrected chi connectivity index (χ2v) is 11.3. The predicted octanol–water partition coefficient (Wildman–Crippen LogP) is 11.6. The molecule has 0 bridgehead atoms. The highest BCUT2D eigenvalue weighted by Gasteiger charge is 2.22. The van der Waals surface area contributed by atoms with Gasteiger partial charge in [0.1, 0.15) is 11.5 Å². The summed E-state index contributed by atoms with van der Waals surface area (Å²) < 4.78 is 9.30. The number of hydrogen-bond acceptors (Lipinski definition) is 1. The normalized spacial score (nSPS) is 11.8. The monoisotopic (exact) mass is 561 g/mol. The van der Waals surface area contributed by atoms with Crippen molar-refractivity contribution in [1.82, 2.24) is 4.57 Å². The highest BCUT2D eigenvalue weighted by Crippen LogP contribution is 2.48. The first kappa shape index (κ1) is 24.7. The molecule has 9 rings (SSSR count). The smallest absolute Gasteiger partial charge is 0.135 e. The first-order valence-electron chi connectivity index (χ1n) is 15.0. The van der Waals surface area contributed by atoms with Gasteiger partial charge in [0.25, 0.3) is 0 Å². The molecule has 7 aromatic carbocycles. The van der Waals surface area contributed by atoms with Crippen molar-refractivity contribution >= 4 is 21.8 Å². The number of hydrogen-bond donors (Lipinski definition) is 0. The van der Waals surface area contributed by atoms with Gasteiger partial charge < -0.3 is 9.30 Å². The standard InChI is InChI=1S/C42H27NO/c1-2-14-30-29(13-1)31-15-3-5-17-33(31)37-21-9-12-24-41(37)44-42-26-25-28(27-38(42)34-18-6-4-16-32(30)34)43-39-22-10-7-19-35(39)36-20-8-11-23-40(36)43/h1-27H. The summed E-state index contributed by atoms with van der Waals surface area (Å²) in [5, 5.41) is 2.49. The summed E-state index contributed by atoms with van der Waals surface area (Å²) in [4.78, 5) is 0. The summed E-state index contributed by atoms with van der Waals surface area (Å²) in [6.07, 6.45) is 0. The fourth-order valence-corrected chi connectivity index (χ4v) is 6.91. The van der Waals surface area contributed by atoms with Gasteiger partial charge in [0.05, 0.1) is 11.0 Å². The maximum atomic E-state index is 6.92. The molecule has 0 radical (unpaired) electrons. The minimum absolute atomic E-state index is 0.825. The third-order valence-electron chi connectivity index (χ3n) is 8.85. The molecule has 0 amide bonds. The summed E-state index contributed by atoms with van der Waals surface area (Å²) in [5.74, 6) is 1.66. The molecule has 2 heterocycles. The molecule has 1 aliphatic heterocycles. The van der Waals surface area contributed by atoms with Crippen LogP contribution >= 0.6 is 0 Å². The molecule has 0 saturated carbocycles. The molecular weight excluding hydrogens is 534 g/mol. The zero-order chi connectivity index (χ0) is 29.0. The van der Waals surface area contributed by atoms with Gasteiger partial charge >= 0.3 is 0 Å². The molecule has 0 saturated heterocycles. The first-order valence-corrected chi connectivity index (χ1v) is 15.0. The second kappa shape index (κ2) is 9.86. The lowest BCUT2D eigenvalue weighted by Crippen LogP contribution is -1.97. The zero-order valence-electron chi connectivity index (χ0n) is 23.9. The minimum Gasteiger partial charge on any atom is -0.456 e. The molecule has 0 unspecified atom stereocenters. The van der Waals surface area contributed by atoms with E-state index in [2.05, 4.69) is 168 Å². The van der Waals surface area contributed by atoms with Crippen LogP contribution in [0.4, 0.5) is 0 Å². The summed E-state index contributed by atoms with van der Waals surface area (Å²) in [7, 11) is 0. The van der Waals surface area contributed by atoms with Crippen LogP contribution in [0.1, 0.15) is 0 Å². The number of fused-ring (bicyclic) bond motifs is 12. The molecule has 2 heteroatoms. The Hall–Kier alpha value is -5.86. The number of aromatic nitrogens is 1. The Bertz CT molecular complexity index is 2320. The van der Waals surface area contributed by atoms with Crippen molar-refractivity contribution in [2.45, 2.75) is 0 Å². The van der Waals surface area contributed by atoms with Gasteiger partial charge in [0, 0.05) is 27.6 Å². The second-order valence-electron chi connectivity index (χ2n) is 11.3. The molecule has 44 heavy (non-hydrogen) atoms. The molecule has 0 fully saturated rings. The van der Waals surface area contributed by atoms with Crippen molar-refractivity contribution < 1.29 is 4.74 Å². The summed E-state index contributed by atoms with van der Waals surface area (Å²) in [6, 6.07) is 58.4. The molecule has 0 spiro atoms. The summed E-state index contributed by atoms with van der Waals surface area (Å²) in [6.45, 7) is 0. The van der Waals surface area contributed by atoms with Gasteiger partial charge in [-0.25, -0.2) is 0 Å². The minimum atomic E-state index is 0.825. The van der Waals surface area contributed by atoms with E-state index in [9.17, 15) is 0 Å². The Morgan fingerprint density at radius 2 is 0.705 bits per heavy atom. The lowest BCUT2D eigenvalue weighted by molar-refractivity contribution is 0.486. The molecule has 1 aromatic heterocycles. The van der Waals surface area contributed by atoms with Gasteiger partial charge in [-0.2, -0.15) is 0 Å². The van der Waals surface area contributed by atoms with Crippen LogP contribution in [-0.4, -0.2) is 4.57 Å². The number of ether oxygens (including phenoxy) is 1. The maximum absolute atomic E-state index is 6.92. The highest BCUT2D eigenvalue weighted by atomic mass is 16.5. The van der Waals surface area contributed by atoms with Gasteiger partial charge in [-0.1, -0.05) is 127 Å². The summed E-state index contributed by atoms with van der Waals surface area (Å²) in [5.41, 5.74) is 12.6. The van der Waals surface area contributed by atoms with Crippen molar-refractivity contribution in [3.05, 3.63) is 164 Å². The van der Waals surface area contributed by atoms with E-state index < -0.39 is 0 Å². The quantitative estimate of drug-likeness (QED) is 0.194. The SMILES string of the molecule is c1ccc2c(c1)Oc1ccc(-n3c4ccccc4c4ccccc43)cc1-c1ccccc1-c1ccccc1-c1ccccc1-2. The fraction of sp³-hybridized carbons (Fsp3) is 0. The van der Waals surface area contributed by atoms with Crippen molar-refractivity contribution in [3.8, 4) is 61.7 Å². The molecule has 0 N–H and O–H groups in total. The largest absolute Gasteiger partial charge is 0.456 e. The van der Waals surface area contributed by atoms with E-state index in [1.165, 1.54) is 44.1 Å². The lowest BCUT2D eigenvalue weighted by Gasteiger charge is -2.18. The topological polar surface area (TPSA) is 14.2 Å².